The van der Waals surface area contributed by atoms with E-state index in [0.717, 1.165) is 25.7 Å². The van der Waals surface area contributed by atoms with Crippen LogP contribution in [0.25, 0.3) is 10.9 Å². The first-order valence-corrected chi connectivity index (χ1v) is 10.2. The highest BCUT2D eigenvalue weighted by atomic mass is 16.4. The van der Waals surface area contributed by atoms with E-state index < -0.39 is 11.8 Å². The molecule has 0 unspecified atom stereocenters. The van der Waals surface area contributed by atoms with Crippen molar-refractivity contribution >= 4 is 28.6 Å². The first kappa shape index (κ1) is 19.9. The number of aromatic amines is 1. The number of benzene rings is 2. The summed E-state index contributed by atoms with van der Waals surface area (Å²) >= 11 is 0. The smallest absolute Gasteiger partial charge is 0.377 e. The van der Waals surface area contributed by atoms with Crippen LogP contribution < -0.4 is 0 Å². The number of nitrogens with one attached hydrogen (secondary N) is 1. The number of ketones is 1. The van der Waals surface area contributed by atoms with Crippen molar-refractivity contribution in [1.29, 1.82) is 0 Å². The summed E-state index contributed by atoms with van der Waals surface area (Å²) in [4.78, 5) is 40.7. The molecule has 0 saturated carbocycles. The average molecular weight is 404 g/mol. The van der Waals surface area contributed by atoms with Crippen LogP contribution in [0.4, 0.5) is 0 Å². The largest absolute Gasteiger partial charge is 0.475 e. The summed E-state index contributed by atoms with van der Waals surface area (Å²) < 4.78 is 0. The van der Waals surface area contributed by atoms with E-state index in [0.29, 0.717) is 35.5 Å². The standard InChI is InChI=1S/C24H24N2O4/c27-22(24(29)30)20-15-25-21-9-8-18(14-19(20)21)23(28)26-12-10-17(11-13-26)7-6-16-4-2-1-3-5-16/h1-5,8-9,14-15,17,25H,6-7,10-13H2,(H,29,30). The Morgan fingerprint density at radius 2 is 1.77 bits per heavy atom. The first-order chi connectivity index (χ1) is 14.5. The number of aryl methyl sites for hydroxylation is 1. The fourth-order valence-electron chi connectivity index (χ4n) is 4.18. The summed E-state index contributed by atoms with van der Waals surface area (Å²) in [5, 5.41) is 9.46. The highest BCUT2D eigenvalue weighted by Crippen LogP contribution is 2.25. The van der Waals surface area contributed by atoms with Crippen molar-refractivity contribution in [2.45, 2.75) is 25.7 Å². The number of Topliss-reactive ketones (excluding diaryl/α,β-unsaturated/α-hetero) is 1. The summed E-state index contributed by atoms with van der Waals surface area (Å²) in [7, 11) is 0. The third-order valence-electron chi connectivity index (χ3n) is 5.95. The minimum absolute atomic E-state index is 0.0756. The molecule has 1 fully saturated rings. The van der Waals surface area contributed by atoms with Crippen LogP contribution in [0.1, 0.15) is 45.5 Å². The van der Waals surface area contributed by atoms with E-state index >= 15 is 0 Å². The Balaban J connectivity index is 1.40. The lowest BCUT2D eigenvalue weighted by molar-refractivity contribution is -0.131. The number of fused-ring (bicyclic) bond motifs is 1. The molecular formula is C24H24N2O4. The SMILES string of the molecule is O=C(O)C(=O)c1c[nH]c2ccc(C(=O)N3CCC(CCc4ccccc4)CC3)cc12. The number of nitrogens with zero attached hydrogens (tertiary/aromatic N) is 1. The summed E-state index contributed by atoms with van der Waals surface area (Å²) in [6.45, 7) is 1.43. The number of aliphatic carboxylic acids is 1. The third-order valence-corrected chi connectivity index (χ3v) is 5.95. The lowest BCUT2D eigenvalue weighted by Crippen LogP contribution is -2.38. The number of amides is 1. The number of carbonyl (C=O) groups is 3. The molecule has 0 spiro atoms. The lowest BCUT2D eigenvalue weighted by Gasteiger charge is -2.32. The molecule has 4 rings (SSSR count). The fourth-order valence-corrected chi connectivity index (χ4v) is 4.18. The normalized spacial score (nSPS) is 14.7. The topological polar surface area (TPSA) is 90.5 Å². The molecule has 1 aromatic heterocycles. The van der Waals surface area contributed by atoms with Crippen LogP contribution in [0.3, 0.4) is 0 Å². The Kier molecular flexibility index (Phi) is 5.65. The quantitative estimate of drug-likeness (QED) is 0.481. The molecule has 0 atom stereocenters. The molecule has 2 N–H and O–H groups in total. The maximum Gasteiger partial charge on any atom is 0.377 e. The van der Waals surface area contributed by atoms with Crippen LogP contribution in [0, 0.1) is 5.92 Å². The predicted octanol–water partition coefficient (Wildman–Crippen LogP) is 3.92. The second-order valence-corrected chi connectivity index (χ2v) is 7.86. The molecule has 1 amide bonds. The number of aromatic nitrogens is 1. The van der Waals surface area contributed by atoms with E-state index in [1.54, 1.807) is 18.2 Å². The van der Waals surface area contributed by atoms with Gasteiger partial charge in [-0.3, -0.25) is 9.59 Å². The van der Waals surface area contributed by atoms with E-state index in [-0.39, 0.29) is 11.5 Å². The third kappa shape index (κ3) is 4.13. The van der Waals surface area contributed by atoms with Gasteiger partial charge in [0, 0.05) is 35.8 Å². The molecule has 1 saturated heterocycles. The average Bonchev–Trinajstić information content (AvgIpc) is 3.21. The van der Waals surface area contributed by atoms with E-state index in [1.165, 1.54) is 11.8 Å². The number of carbonyl (C=O) groups excluding carboxylic acids is 2. The Morgan fingerprint density at radius 1 is 1.03 bits per heavy atom. The minimum atomic E-state index is -1.51. The van der Waals surface area contributed by atoms with Gasteiger partial charge in [-0.1, -0.05) is 30.3 Å². The molecule has 0 radical (unpaired) electrons. The van der Waals surface area contributed by atoms with Gasteiger partial charge in [-0.25, -0.2) is 4.79 Å². The lowest BCUT2D eigenvalue weighted by atomic mass is 9.90. The van der Waals surface area contributed by atoms with Gasteiger partial charge in [0.1, 0.15) is 0 Å². The van der Waals surface area contributed by atoms with E-state index in [9.17, 15) is 14.4 Å². The van der Waals surface area contributed by atoms with Crippen LogP contribution in [0.2, 0.25) is 0 Å². The first-order valence-electron chi connectivity index (χ1n) is 10.2. The molecule has 1 aliphatic rings. The number of carboxylic acid groups (broad SMARTS) is 1. The van der Waals surface area contributed by atoms with Crippen molar-refractivity contribution in [2.75, 3.05) is 13.1 Å². The van der Waals surface area contributed by atoms with Gasteiger partial charge in [-0.05, 0) is 55.4 Å². The highest BCUT2D eigenvalue weighted by Gasteiger charge is 2.25. The van der Waals surface area contributed by atoms with Crippen molar-refractivity contribution < 1.29 is 19.5 Å². The van der Waals surface area contributed by atoms with Gasteiger partial charge in [0.05, 0.1) is 5.56 Å². The van der Waals surface area contributed by atoms with Crippen LogP contribution in [-0.4, -0.2) is 45.7 Å². The van der Waals surface area contributed by atoms with E-state index in [1.807, 2.05) is 11.0 Å². The molecule has 6 heteroatoms. The van der Waals surface area contributed by atoms with Crippen molar-refractivity contribution in [3.05, 3.63) is 71.4 Å². The van der Waals surface area contributed by atoms with Crippen molar-refractivity contribution in [3.8, 4) is 0 Å². The summed E-state index contributed by atoms with van der Waals surface area (Å²) in [5.41, 5.74) is 2.54. The summed E-state index contributed by atoms with van der Waals surface area (Å²) in [5.74, 6) is -1.95. The van der Waals surface area contributed by atoms with Crippen LogP contribution >= 0.6 is 0 Å². The molecule has 0 aliphatic carbocycles. The molecule has 2 heterocycles. The minimum Gasteiger partial charge on any atom is -0.475 e. The number of hydrogen-bond donors (Lipinski definition) is 2. The van der Waals surface area contributed by atoms with Crippen LogP contribution in [0.15, 0.2) is 54.7 Å². The zero-order chi connectivity index (χ0) is 21.1. The molecular weight excluding hydrogens is 380 g/mol. The van der Waals surface area contributed by atoms with Gasteiger partial charge in [0.25, 0.3) is 11.7 Å². The maximum atomic E-state index is 13.0. The Morgan fingerprint density at radius 3 is 2.47 bits per heavy atom. The summed E-state index contributed by atoms with van der Waals surface area (Å²) in [6.07, 6.45) is 5.53. The predicted molar refractivity (Wildman–Crippen MR) is 114 cm³/mol. The second kappa shape index (κ2) is 8.53. The molecule has 0 bridgehead atoms. The number of likely N-dealkylation sites (tertiary alicyclic amines) is 1. The zero-order valence-corrected chi connectivity index (χ0v) is 16.6. The van der Waals surface area contributed by atoms with Crippen LogP contribution in [0.5, 0.6) is 0 Å². The van der Waals surface area contributed by atoms with Crippen molar-refractivity contribution in [3.63, 3.8) is 0 Å². The number of carboxylic acids is 1. The monoisotopic (exact) mass is 404 g/mol. The van der Waals surface area contributed by atoms with Gasteiger partial charge in [0.2, 0.25) is 0 Å². The van der Waals surface area contributed by atoms with E-state index in [4.69, 9.17) is 5.11 Å². The molecule has 1 aliphatic heterocycles. The zero-order valence-electron chi connectivity index (χ0n) is 16.6. The van der Waals surface area contributed by atoms with Crippen LogP contribution in [-0.2, 0) is 11.2 Å². The molecule has 3 aromatic rings. The van der Waals surface area contributed by atoms with Gasteiger partial charge < -0.3 is 15.0 Å². The van der Waals surface area contributed by atoms with Gasteiger partial charge >= 0.3 is 5.97 Å². The van der Waals surface area contributed by atoms with Gasteiger partial charge in [-0.15, -0.1) is 0 Å². The van der Waals surface area contributed by atoms with Crippen molar-refractivity contribution in [1.82, 2.24) is 9.88 Å². The fraction of sp³-hybridized carbons (Fsp3) is 0.292. The Hall–Kier alpha value is -3.41. The molecule has 30 heavy (non-hydrogen) atoms. The number of hydrogen-bond acceptors (Lipinski definition) is 3. The van der Waals surface area contributed by atoms with Gasteiger partial charge in [-0.2, -0.15) is 0 Å². The maximum absolute atomic E-state index is 13.0. The molecule has 2 aromatic carbocycles. The number of rotatable bonds is 6. The number of H-pyrrole nitrogens is 1. The van der Waals surface area contributed by atoms with Gasteiger partial charge in [0.15, 0.2) is 0 Å². The van der Waals surface area contributed by atoms with E-state index in [2.05, 4.69) is 29.2 Å². The summed E-state index contributed by atoms with van der Waals surface area (Å²) in [6, 6.07) is 15.5. The van der Waals surface area contributed by atoms with Crippen molar-refractivity contribution in [2.24, 2.45) is 5.92 Å². The highest BCUT2D eigenvalue weighted by molar-refractivity contribution is 6.42. The molecule has 6 nitrogen and oxygen atoms in total. The number of piperidine rings is 1. The Labute approximate surface area is 174 Å². The Bertz CT molecular complexity index is 1080. The second-order valence-electron chi connectivity index (χ2n) is 7.86. The molecule has 154 valence electrons.